The summed E-state index contributed by atoms with van der Waals surface area (Å²) in [6, 6.07) is -0.0337. The molecule has 30 heavy (non-hydrogen) atoms. The van der Waals surface area contributed by atoms with E-state index < -0.39 is 5.97 Å². The maximum absolute atomic E-state index is 11.9. The molecule has 1 amide bonds. The quantitative estimate of drug-likeness (QED) is 0.203. The Hall–Kier alpha value is -1.10. The molecule has 1 atom stereocenters. The van der Waals surface area contributed by atoms with Gasteiger partial charge in [0.1, 0.15) is 0 Å². The lowest BCUT2D eigenvalue weighted by atomic mass is 10.0. The average molecular weight is 427 g/mol. The summed E-state index contributed by atoms with van der Waals surface area (Å²) in [5, 5.41) is 11.9. The van der Waals surface area contributed by atoms with Crippen LogP contribution < -0.4 is 5.32 Å². The zero-order valence-corrected chi connectivity index (χ0v) is 20.2. The van der Waals surface area contributed by atoms with Crippen LogP contribution in [0.5, 0.6) is 0 Å². The lowest BCUT2D eigenvalue weighted by molar-refractivity contribution is -0.138. The first-order valence-electron chi connectivity index (χ1n) is 12.6. The summed E-state index contributed by atoms with van der Waals surface area (Å²) in [5.41, 5.74) is 0. The minimum Gasteiger partial charge on any atom is -0.481 e. The number of carboxylic acids is 1. The van der Waals surface area contributed by atoms with Gasteiger partial charge in [-0.15, -0.1) is 0 Å². The SMILES string of the molecule is CCCCCCCCCCCCCCCCCC(=O)NCCC(CC(=O)O)N(C)C. The van der Waals surface area contributed by atoms with Crippen molar-refractivity contribution in [1.29, 1.82) is 0 Å². The fraction of sp³-hybridized carbons (Fsp3) is 0.920. The Morgan fingerprint density at radius 2 is 1.20 bits per heavy atom. The van der Waals surface area contributed by atoms with Gasteiger partial charge in [0.15, 0.2) is 0 Å². The van der Waals surface area contributed by atoms with E-state index in [1.54, 1.807) is 0 Å². The molecular weight excluding hydrogens is 376 g/mol. The van der Waals surface area contributed by atoms with Crippen molar-refractivity contribution in [1.82, 2.24) is 10.2 Å². The topological polar surface area (TPSA) is 69.6 Å². The summed E-state index contributed by atoms with van der Waals surface area (Å²) in [4.78, 5) is 24.7. The minimum atomic E-state index is -0.794. The second kappa shape index (κ2) is 21.1. The monoisotopic (exact) mass is 426 g/mol. The molecule has 2 N–H and O–H groups in total. The molecule has 1 unspecified atom stereocenters. The van der Waals surface area contributed by atoms with Gasteiger partial charge in [-0.3, -0.25) is 9.59 Å². The van der Waals surface area contributed by atoms with E-state index in [4.69, 9.17) is 5.11 Å². The van der Waals surface area contributed by atoms with Crippen LogP contribution in [0.1, 0.15) is 122 Å². The summed E-state index contributed by atoms with van der Waals surface area (Å²) in [6.07, 6.45) is 21.3. The molecule has 178 valence electrons. The second-order valence-corrected chi connectivity index (χ2v) is 9.05. The van der Waals surface area contributed by atoms with Crippen molar-refractivity contribution in [3.63, 3.8) is 0 Å². The molecule has 5 nitrogen and oxygen atoms in total. The third kappa shape index (κ3) is 20.2. The molecule has 0 aromatic rings. The van der Waals surface area contributed by atoms with Crippen molar-refractivity contribution in [2.45, 2.75) is 129 Å². The van der Waals surface area contributed by atoms with E-state index in [1.807, 2.05) is 19.0 Å². The normalized spacial score (nSPS) is 12.3. The Labute approximate surface area is 186 Å². The molecule has 0 aliphatic heterocycles. The number of carboxylic acid groups (broad SMARTS) is 1. The smallest absolute Gasteiger partial charge is 0.304 e. The van der Waals surface area contributed by atoms with Gasteiger partial charge in [-0.05, 0) is 26.9 Å². The summed E-state index contributed by atoms with van der Waals surface area (Å²) < 4.78 is 0. The molecule has 0 aromatic heterocycles. The van der Waals surface area contributed by atoms with E-state index >= 15 is 0 Å². The first-order chi connectivity index (χ1) is 14.5. The predicted octanol–water partition coefficient (Wildman–Crippen LogP) is 6.16. The van der Waals surface area contributed by atoms with Gasteiger partial charge in [0.05, 0.1) is 6.42 Å². The van der Waals surface area contributed by atoms with Crippen LogP contribution in [0.4, 0.5) is 0 Å². The molecule has 0 aliphatic rings. The summed E-state index contributed by atoms with van der Waals surface area (Å²) in [5.74, 6) is -0.699. The van der Waals surface area contributed by atoms with E-state index in [0.717, 1.165) is 12.8 Å². The summed E-state index contributed by atoms with van der Waals surface area (Å²) in [6.45, 7) is 2.82. The zero-order valence-electron chi connectivity index (χ0n) is 20.2. The summed E-state index contributed by atoms with van der Waals surface area (Å²) >= 11 is 0. The number of nitrogens with one attached hydrogen (secondary N) is 1. The predicted molar refractivity (Wildman–Crippen MR) is 127 cm³/mol. The average Bonchev–Trinajstić information content (AvgIpc) is 2.69. The van der Waals surface area contributed by atoms with Crippen molar-refractivity contribution >= 4 is 11.9 Å². The lowest BCUT2D eigenvalue weighted by Crippen LogP contribution is -2.35. The highest BCUT2D eigenvalue weighted by Crippen LogP contribution is 2.13. The number of unbranched alkanes of at least 4 members (excludes halogenated alkanes) is 14. The molecule has 0 bridgehead atoms. The maximum Gasteiger partial charge on any atom is 0.304 e. The van der Waals surface area contributed by atoms with E-state index in [-0.39, 0.29) is 18.4 Å². The molecule has 0 aliphatic carbocycles. The maximum atomic E-state index is 11.9. The van der Waals surface area contributed by atoms with E-state index in [1.165, 1.54) is 83.5 Å². The highest BCUT2D eigenvalue weighted by Gasteiger charge is 2.15. The molecule has 0 fully saturated rings. The minimum absolute atomic E-state index is 0.0337. The standard InChI is InChI=1S/C25H50N2O3/c1-4-5-6-7-8-9-10-11-12-13-14-15-16-17-18-19-24(28)26-21-20-23(27(2)3)22-25(29)30/h23H,4-22H2,1-3H3,(H,26,28)(H,29,30). The molecule has 0 aromatic carbocycles. The van der Waals surface area contributed by atoms with Crippen LogP contribution in [-0.2, 0) is 9.59 Å². The van der Waals surface area contributed by atoms with E-state index in [9.17, 15) is 9.59 Å². The van der Waals surface area contributed by atoms with Gasteiger partial charge < -0.3 is 15.3 Å². The Morgan fingerprint density at radius 3 is 1.60 bits per heavy atom. The van der Waals surface area contributed by atoms with Gasteiger partial charge in [0, 0.05) is 19.0 Å². The number of amides is 1. The number of rotatable bonds is 22. The molecule has 0 spiro atoms. The molecule has 0 radical (unpaired) electrons. The Morgan fingerprint density at radius 1 is 0.767 bits per heavy atom. The number of carbonyl (C=O) groups excluding carboxylic acids is 1. The molecule has 0 heterocycles. The third-order valence-electron chi connectivity index (χ3n) is 5.95. The van der Waals surface area contributed by atoms with Gasteiger partial charge in [-0.1, -0.05) is 96.8 Å². The molecule has 0 rings (SSSR count). The second-order valence-electron chi connectivity index (χ2n) is 9.05. The first kappa shape index (κ1) is 28.9. The first-order valence-corrected chi connectivity index (χ1v) is 12.6. The number of hydrogen-bond donors (Lipinski definition) is 2. The zero-order chi connectivity index (χ0) is 22.5. The number of aliphatic carboxylic acids is 1. The van der Waals surface area contributed by atoms with Crippen LogP contribution >= 0.6 is 0 Å². The van der Waals surface area contributed by atoms with Gasteiger partial charge >= 0.3 is 5.97 Å². The molecular formula is C25H50N2O3. The highest BCUT2D eigenvalue weighted by molar-refractivity contribution is 5.75. The third-order valence-corrected chi connectivity index (χ3v) is 5.95. The fourth-order valence-corrected chi connectivity index (χ4v) is 3.87. The van der Waals surface area contributed by atoms with Crippen molar-refractivity contribution in [3.8, 4) is 0 Å². The number of carbonyl (C=O) groups is 2. The van der Waals surface area contributed by atoms with Crippen LogP contribution in [-0.4, -0.2) is 48.6 Å². The summed E-state index contributed by atoms with van der Waals surface area (Å²) in [7, 11) is 3.76. The highest BCUT2D eigenvalue weighted by atomic mass is 16.4. The van der Waals surface area contributed by atoms with E-state index in [0.29, 0.717) is 19.4 Å². The Balaban J connectivity index is 3.38. The molecule has 5 heteroatoms. The van der Waals surface area contributed by atoms with Gasteiger partial charge in [0.25, 0.3) is 0 Å². The van der Waals surface area contributed by atoms with Crippen LogP contribution in [0.25, 0.3) is 0 Å². The van der Waals surface area contributed by atoms with Crippen molar-refractivity contribution in [3.05, 3.63) is 0 Å². The number of nitrogens with zero attached hydrogens (tertiary/aromatic N) is 1. The van der Waals surface area contributed by atoms with Crippen molar-refractivity contribution in [2.75, 3.05) is 20.6 Å². The van der Waals surface area contributed by atoms with Crippen molar-refractivity contribution in [2.24, 2.45) is 0 Å². The van der Waals surface area contributed by atoms with Crippen LogP contribution in [0.15, 0.2) is 0 Å². The van der Waals surface area contributed by atoms with Crippen LogP contribution in [0.3, 0.4) is 0 Å². The van der Waals surface area contributed by atoms with Crippen molar-refractivity contribution < 1.29 is 14.7 Å². The van der Waals surface area contributed by atoms with Gasteiger partial charge in [0.2, 0.25) is 5.91 Å². The van der Waals surface area contributed by atoms with Gasteiger partial charge in [-0.2, -0.15) is 0 Å². The van der Waals surface area contributed by atoms with Gasteiger partial charge in [-0.25, -0.2) is 0 Å². The number of hydrogen-bond acceptors (Lipinski definition) is 3. The Kier molecular flexibility index (Phi) is 20.4. The van der Waals surface area contributed by atoms with E-state index in [2.05, 4.69) is 12.2 Å². The van der Waals surface area contributed by atoms with Crippen LogP contribution in [0, 0.1) is 0 Å². The lowest BCUT2D eigenvalue weighted by Gasteiger charge is -2.22. The fourth-order valence-electron chi connectivity index (χ4n) is 3.87. The largest absolute Gasteiger partial charge is 0.481 e. The molecule has 0 saturated carbocycles. The van der Waals surface area contributed by atoms with Crippen LogP contribution in [0.2, 0.25) is 0 Å². The molecule has 0 saturated heterocycles. The Bertz CT molecular complexity index is 413.